The van der Waals surface area contributed by atoms with E-state index in [9.17, 15) is 9.59 Å². The summed E-state index contributed by atoms with van der Waals surface area (Å²) in [5.41, 5.74) is 5.79. The molecule has 0 bridgehead atoms. The molecule has 0 saturated carbocycles. The predicted molar refractivity (Wildman–Crippen MR) is 139 cm³/mol. The topological polar surface area (TPSA) is 77.2 Å². The van der Waals surface area contributed by atoms with Crippen LogP contribution < -0.4 is 10.6 Å². The summed E-state index contributed by atoms with van der Waals surface area (Å²) in [6.07, 6.45) is 1.82. The lowest BCUT2D eigenvalue weighted by Gasteiger charge is -2.18. The molecule has 34 heavy (non-hydrogen) atoms. The number of benzene rings is 2. The Morgan fingerprint density at radius 3 is 2.50 bits per heavy atom. The van der Waals surface area contributed by atoms with Crippen molar-refractivity contribution in [2.45, 2.75) is 20.8 Å². The van der Waals surface area contributed by atoms with Crippen molar-refractivity contribution in [1.82, 2.24) is 15.2 Å². The number of fused-ring (bicyclic) bond motifs is 1. The Morgan fingerprint density at radius 1 is 1.09 bits per heavy atom. The number of H-pyrrole nitrogens is 1. The number of halogens is 1. The van der Waals surface area contributed by atoms with E-state index < -0.39 is 0 Å². The highest BCUT2D eigenvalue weighted by Gasteiger charge is 2.26. The zero-order chi connectivity index (χ0) is 24.2. The van der Waals surface area contributed by atoms with Crippen LogP contribution in [0.15, 0.2) is 48.5 Å². The molecule has 1 aliphatic heterocycles. The predicted octanol–water partition coefficient (Wildman–Crippen LogP) is 5.21. The van der Waals surface area contributed by atoms with Gasteiger partial charge in [-0.2, -0.15) is 0 Å². The van der Waals surface area contributed by atoms with Crippen molar-refractivity contribution in [3.63, 3.8) is 0 Å². The third-order valence-corrected chi connectivity index (χ3v) is 6.44. The van der Waals surface area contributed by atoms with E-state index in [4.69, 9.17) is 11.6 Å². The second-order valence-corrected chi connectivity index (χ2v) is 8.70. The molecule has 0 atom stereocenters. The van der Waals surface area contributed by atoms with Gasteiger partial charge in [-0.3, -0.25) is 9.59 Å². The summed E-state index contributed by atoms with van der Waals surface area (Å²) in [5.74, 6) is -0.312. The van der Waals surface area contributed by atoms with Gasteiger partial charge in [0.15, 0.2) is 0 Å². The van der Waals surface area contributed by atoms with Crippen LogP contribution in [0.4, 0.5) is 5.69 Å². The van der Waals surface area contributed by atoms with Crippen LogP contribution in [-0.2, 0) is 4.79 Å². The molecule has 2 heterocycles. The first-order valence-electron chi connectivity index (χ1n) is 11.5. The Hall–Kier alpha value is -3.35. The minimum absolute atomic E-state index is 0.147. The summed E-state index contributed by atoms with van der Waals surface area (Å²) in [5, 5.41) is 6.59. The number of likely N-dealkylation sites (N-methyl/N-ethyl adjacent to an activating group) is 1. The molecule has 0 fully saturated rings. The summed E-state index contributed by atoms with van der Waals surface area (Å²) in [6.45, 7) is 9.31. The van der Waals surface area contributed by atoms with Gasteiger partial charge in [0.25, 0.3) is 11.8 Å². The Balaban J connectivity index is 1.76. The molecule has 0 aliphatic carbocycles. The number of rotatable bonds is 8. The number of aryl methyl sites for hydroxylation is 1. The van der Waals surface area contributed by atoms with Crippen LogP contribution in [0.3, 0.4) is 0 Å². The fourth-order valence-corrected chi connectivity index (χ4v) is 4.47. The third kappa shape index (κ3) is 4.79. The number of aromatic nitrogens is 1. The van der Waals surface area contributed by atoms with Gasteiger partial charge >= 0.3 is 0 Å². The highest BCUT2D eigenvalue weighted by Crippen LogP contribution is 2.37. The molecular formula is C27H29ClN4O2. The van der Waals surface area contributed by atoms with Crippen LogP contribution in [0.1, 0.15) is 41.2 Å². The highest BCUT2D eigenvalue weighted by molar-refractivity contribution is 6.35. The lowest BCUT2D eigenvalue weighted by Crippen LogP contribution is -2.35. The number of amides is 2. The van der Waals surface area contributed by atoms with E-state index in [1.165, 1.54) is 0 Å². The van der Waals surface area contributed by atoms with E-state index in [0.717, 1.165) is 47.7 Å². The number of para-hydroxylation sites is 1. The average molecular weight is 477 g/mol. The standard InChI is InChI=1S/C27H29ClN4O2/c1-4-32(5-2)15-14-29-27(34)24-17(3)30-23(25(24)18-10-12-19(28)13-11-18)16-21-20-8-6-7-9-22(20)31-26(21)33/h6-13,16,30H,4-5,14-15H2,1-3H3,(H,29,34)(H,31,33)/b21-16-. The maximum atomic E-state index is 13.3. The zero-order valence-electron chi connectivity index (χ0n) is 19.7. The maximum absolute atomic E-state index is 13.3. The smallest absolute Gasteiger partial charge is 0.256 e. The Labute approximate surface area is 205 Å². The fourth-order valence-electron chi connectivity index (χ4n) is 4.34. The highest BCUT2D eigenvalue weighted by atomic mass is 35.5. The molecule has 3 N–H and O–H groups in total. The van der Waals surface area contributed by atoms with E-state index in [0.29, 0.717) is 28.4 Å². The Morgan fingerprint density at radius 2 is 1.79 bits per heavy atom. The summed E-state index contributed by atoms with van der Waals surface area (Å²) < 4.78 is 0. The number of carbonyl (C=O) groups excluding carboxylic acids is 2. The molecule has 176 valence electrons. The van der Waals surface area contributed by atoms with Crippen molar-refractivity contribution in [2.24, 2.45) is 0 Å². The number of hydrogen-bond acceptors (Lipinski definition) is 3. The van der Waals surface area contributed by atoms with Gasteiger partial charge in [0.1, 0.15) is 0 Å². The Kier molecular flexibility index (Phi) is 7.20. The van der Waals surface area contributed by atoms with Gasteiger partial charge in [0.05, 0.1) is 11.1 Å². The van der Waals surface area contributed by atoms with Gasteiger partial charge in [-0.05, 0) is 49.9 Å². The molecule has 0 unspecified atom stereocenters. The van der Waals surface area contributed by atoms with E-state index in [2.05, 4.69) is 34.4 Å². The number of hydrogen-bond donors (Lipinski definition) is 3. The van der Waals surface area contributed by atoms with Gasteiger partial charge in [0, 0.05) is 46.3 Å². The van der Waals surface area contributed by atoms with Gasteiger partial charge < -0.3 is 20.5 Å². The van der Waals surface area contributed by atoms with E-state index >= 15 is 0 Å². The minimum Gasteiger partial charge on any atom is -0.358 e. The molecule has 2 amide bonds. The molecule has 6 nitrogen and oxygen atoms in total. The van der Waals surface area contributed by atoms with Gasteiger partial charge in [-0.15, -0.1) is 0 Å². The van der Waals surface area contributed by atoms with E-state index in [-0.39, 0.29) is 11.8 Å². The minimum atomic E-state index is -0.166. The summed E-state index contributed by atoms with van der Waals surface area (Å²) >= 11 is 6.13. The first kappa shape index (κ1) is 23.8. The first-order chi connectivity index (χ1) is 16.4. The molecule has 3 aromatic rings. The SMILES string of the molecule is CCN(CC)CCNC(=O)c1c(C)[nH]c(/C=C2\C(=O)Nc3ccccc32)c1-c1ccc(Cl)cc1. The third-order valence-electron chi connectivity index (χ3n) is 6.18. The van der Waals surface area contributed by atoms with Crippen LogP contribution in [0, 0.1) is 6.92 Å². The van der Waals surface area contributed by atoms with Crippen molar-refractivity contribution < 1.29 is 9.59 Å². The second-order valence-electron chi connectivity index (χ2n) is 8.26. The number of aromatic amines is 1. The zero-order valence-corrected chi connectivity index (χ0v) is 20.4. The molecular weight excluding hydrogens is 448 g/mol. The van der Waals surface area contributed by atoms with Crippen LogP contribution in [0.25, 0.3) is 22.8 Å². The molecule has 4 rings (SSSR count). The lowest BCUT2D eigenvalue weighted by molar-refractivity contribution is -0.110. The normalized spacial score (nSPS) is 13.9. The Bertz CT molecular complexity index is 1240. The molecule has 1 aromatic heterocycles. The van der Waals surface area contributed by atoms with Crippen molar-refractivity contribution in [1.29, 1.82) is 0 Å². The molecule has 7 heteroatoms. The van der Waals surface area contributed by atoms with Crippen molar-refractivity contribution in [3.8, 4) is 11.1 Å². The quantitative estimate of drug-likeness (QED) is 0.391. The van der Waals surface area contributed by atoms with Crippen molar-refractivity contribution in [2.75, 3.05) is 31.5 Å². The van der Waals surface area contributed by atoms with Crippen molar-refractivity contribution in [3.05, 3.63) is 76.1 Å². The largest absolute Gasteiger partial charge is 0.358 e. The monoisotopic (exact) mass is 476 g/mol. The lowest BCUT2D eigenvalue weighted by atomic mass is 9.97. The second kappa shape index (κ2) is 10.3. The van der Waals surface area contributed by atoms with Crippen LogP contribution in [0.2, 0.25) is 5.02 Å². The van der Waals surface area contributed by atoms with Gasteiger partial charge in [-0.25, -0.2) is 0 Å². The number of nitrogens with zero attached hydrogens (tertiary/aromatic N) is 1. The molecule has 0 saturated heterocycles. The number of anilines is 1. The van der Waals surface area contributed by atoms with E-state index in [1.807, 2.05) is 49.4 Å². The molecule has 1 aliphatic rings. The summed E-state index contributed by atoms with van der Waals surface area (Å²) in [6, 6.07) is 15.0. The van der Waals surface area contributed by atoms with Crippen LogP contribution in [-0.4, -0.2) is 47.9 Å². The number of carbonyl (C=O) groups is 2. The average Bonchev–Trinajstić information content (AvgIpc) is 3.33. The van der Waals surface area contributed by atoms with Crippen LogP contribution >= 0.6 is 11.6 Å². The maximum Gasteiger partial charge on any atom is 0.256 e. The molecule has 2 aromatic carbocycles. The molecule has 0 spiro atoms. The van der Waals surface area contributed by atoms with Crippen LogP contribution in [0.5, 0.6) is 0 Å². The molecule has 0 radical (unpaired) electrons. The van der Waals surface area contributed by atoms with Gasteiger partial charge in [-0.1, -0.05) is 55.8 Å². The first-order valence-corrected chi connectivity index (χ1v) is 11.9. The number of nitrogens with one attached hydrogen (secondary N) is 3. The summed E-state index contributed by atoms with van der Waals surface area (Å²) in [4.78, 5) is 31.7. The fraction of sp³-hybridized carbons (Fsp3) is 0.259. The van der Waals surface area contributed by atoms with Gasteiger partial charge in [0.2, 0.25) is 0 Å². The van der Waals surface area contributed by atoms with Crippen molar-refractivity contribution >= 4 is 40.8 Å². The van der Waals surface area contributed by atoms with E-state index in [1.54, 1.807) is 12.1 Å². The summed E-state index contributed by atoms with van der Waals surface area (Å²) in [7, 11) is 0.